The average Bonchev–Trinajstić information content (AvgIpc) is 2.31. The predicted octanol–water partition coefficient (Wildman–Crippen LogP) is 2.82. The molecule has 0 radical (unpaired) electrons. The Morgan fingerprint density at radius 2 is 2.05 bits per heavy atom. The van der Waals surface area contributed by atoms with Crippen LogP contribution in [-0.2, 0) is 9.84 Å². The Balaban J connectivity index is 2.49. The van der Waals surface area contributed by atoms with Crippen LogP contribution in [0.5, 0.6) is 0 Å². The van der Waals surface area contributed by atoms with Crippen LogP contribution in [0.15, 0.2) is 23.1 Å². The second-order valence-corrected chi connectivity index (χ2v) is 7.09. The van der Waals surface area contributed by atoms with Gasteiger partial charge >= 0.3 is 0 Å². The first kappa shape index (κ1) is 13.9. The summed E-state index contributed by atoms with van der Waals surface area (Å²) in [5.41, 5.74) is 0. The molecule has 19 heavy (non-hydrogen) atoms. The average molecular weight is 285 g/mol. The maximum absolute atomic E-state index is 13.6. The fourth-order valence-electron chi connectivity index (χ4n) is 2.43. The molecule has 1 aromatic rings. The van der Waals surface area contributed by atoms with E-state index in [0.717, 1.165) is 18.6 Å². The minimum absolute atomic E-state index is 0.144. The largest absolute Gasteiger partial charge is 0.222 e. The maximum atomic E-state index is 13.6. The van der Waals surface area contributed by atoms with Crippen molar-refractivity contribution < 1.29 is 17.2 Å². The van der Waals surface area contributed by atoms with E-state index < -0.39 is 31.1 Å². The summed E-state index contributed by atoms with van der Waals surface area (Å²) in [4.78, 5) is -0.719. The molecule has 1 aliphatic rings. The van der Waals surface area contributed by atoms with Gasteiger partial charge in [-0.15, -0.1) is 0 Å². The molecule has 0 saturated heterocycles. The Labute approximate surface area is 110 Å². The van der Waals surface area contributed by atoms with E-state index >= 15 is 0 Å². The van der Waals surface area contributed by atoms with Gasteiger partial charge < -0.3 is 0 Å². The van der Waals surface area contributed by atoms with Gasteiger partial charge in [0.2, 0.25) is 0 Å². The van der Waals surface area contributed by atoms with E-state index in [1.807, 2.05) is 6.92 Å². The molecule has 102 valence electrons. The SMILES string of the molecule is CCC1CC(C#N)(S(=O)(=O)c2cc(F)ccc2F)C1. The van der Waals surface area contributed by atoms with Crippen LogP contribution in [0.25, 0.3) is 0 Å². The summed E-state index contributed by atoms with van der Waals surface area (Å²) in [6.07, 6.45) is 1.13. The van der Waals surface area contributed by atoms with E-state index in [4.69, 9.17) is 5.26 Å². The monoisotopic (exact) mass is 285 g/mol. The second-order valence-electron chi connectivity index (χ2n) is 4.87. The summed E-state index contributed by atoms with van der Waals surface area (Å²) in [6, 6.07) is 4.05. The lowest BCUT2D eigenvalue weighted by Gasteiger charge is -2.41. The molecule has 0 atom stereocenters. The van der Waals surface area contributed by atoms with Gasteiger partial charge in [0.15, 0.2) is 14.6 Å². The van der Waals surface area contributed by atoms with Crippen molar-refractivity contribution in [3.63, 3.8) is 0 Å². The zero-order valence-corrected chi connectivity index (χ0v) is 11.2. The minimum Gasteiger partial charge on any atom is -0.222 e. The van der Waals surface area contributed by atoms with E-state index in [1.165, 1.54) is 0 Å². The van der Waals surface area contributed by atoms with E-state index in [9.17, 15) is 17.2 Å². The maximum Gasteiger partial charge on any atom is 0.200 e. The number of nitriles is 1. The lowest BCUT2D eigenvalue weighted by Crippen LogP contribution is -2.49. The number of hydrogen-bond acceptors (Lipinski definition) is 3. The Bertz CT molecular complexity index is 643. The molecule has 0 unspecified atom stereocenters. The zero-order chi connectivity index (χ0) is 14.3. The second kappa shape index (κ2) is 4.57. The van der Waals surface area contributed by atoms with E-state index in [2.05, 4.69) is 0 Å². The molecule has 0 N–H and O–H groups in total. The fraction of sp³-hybridized carbons (Fsp3) is 0.462. The third kappa shape index (κ3) is 2.02. The fourth-order valence-corrected chi connectivity index (χ4v) is 4.47. The molecule has 1 aliphatic carbocycles. The molecule has 1 aromatic carbocycles. The van der Waals surface area contributed by atoms with Crippen LogP contribution in [0.2, 0.25) is 0 Å². The number of hydrogen-bond donors (Lipinski definition) is 0. The first-order valence-corrected chi connectivity index (χ1v) is 7.45. The third-order valence-corrected chi connectivity index (χ3v) is 6.06. The summed E-state index contributed by atoms with van der Waals surface area (Å²) in [5.74, 6) is -1.71. The van der Waals surface area contributed by atoms with Crippen molar-refractivity contribution in [2.75, 3.05) is 0 Å². The van der Waals surface area contributed by atoms with Gasteiger partial charge in [0.1, 0.15) is 16.5 Å². The van der Waals surface area contributed by atoms with Crippen molar-refractivity contribution in [3.8, 4) is 6.07 Å². The Morgan fingerprint density at radius 1 is 1.42 bits per heavy atom. The van der Waals surface area contributed by atoms with E-state index in [-0.39, 0.29) is 18.8 Å². The highest BCUT2D eigenvalue weighted by Gasteiger charge is 2.55. The lowest BCUT2D eigenvalue weighted by atomic mass is 9.73. The predicted molar refractivity (Wildman–Crippen MR) is 64.9 cm³/mol. The van der Waals surface area contributed by atoms with Gasteiger partial charge in [-0.3, -0.25) is 0 Å². The summed E-state index contributed by atoms with van der Waals surface area (Å²) in [6.45, 7) is 1.90. The first-order chi connectivity index (χ1) is 8.86. The third-order valence-electron chi connectivity index (χ3n) is 3.72. The van der Waals surface area contributed by atoms with Gasteiger partial charge in [0.05, 0.1) is 6.07 Å². The van der Waals surface area contributed by atoms with Crippen molar-refractivity contribution in [1.82, 2.24) is 0 Å². The van der Waals surface area contributed by atoms with Crippen molar-refractivity contribution in [3.05, 3.63) is 29.8 Å². The summed E-state index contributed by atoms with van der Waals surface area (Å²) in [7, 11) is -4.19. The topological polar surface area (TPSA) is 57.9 Å². The normalized spacial score (nSPS) is 26.5. The molecule has 6 heteroatoms. The molecule has 1 saturated carbocycles. The Kier molecular flexibility index (Phi) is 3.35. The molecule has 0 spiro atoms. The highest BCUT2D eigenvalue weighted by Crippen LogP contribution is 2.47. The van der Waals surface area contributed by atoms with Crippen molar-refractivity contribution in [2.24, 2.45) is 5.92 Å². The quantitative estimate of drug-likeness (QED) is 0.858. The molecular weight excluding hydrogens is 272 g/mol. The first-order valence-electron chi connectivity index (χ1n) is 5.97. The van der Waals surface area contributed by atoms with Crippen molar-refractivity contribution in [1.29, 1.82) is 5.26 Å². The van der Waals surface area contributed by atoms with Crippen molar-refractivity contribution >= 4 is 9.84 Å². The number of halogens is 2. The molecule has 0 bridgehead atoms. The molecule has 2 rings (SSSR count). The molecule has 3 nitrogen and oxygen atoms in total. The van der Waals surface area contributed by atoms with Gasteiger partial charge in [-0.1, -0.05) is 13.3 Å². The van der Waals surface area contributed by atoms with Gasteiger partial charge in [0, 0.05) is 0 Å². The minimum atomic E-state index is -4.19. The summed E-state index contributed by atoms with van der Waals surface area (Å²) >= 11 is 0. The van der Waals surface area contributed by atoms with Gasteiger partial charge in [-0.2, -0.15) is 5.26 Å². The van der Waals surface area contributed by atoms with Crippen LogP contribution >= 0.6 is 0 Å². The number of sulfone groups is 1. The summed E-state index contributed by atoms with van der Waals surface area (Å²) in [5, 5.41) is 9.16. The van der Waals surface area contributed by atoms with Crippen LogP contribution in [-0.4, -0.2) is 13.2 Å². The van der Waals surface area contributed by atoms with Crippen LogP contribution in [0, 0.1) is 28.9 Å². The zero-order valence-electron chi connectivity index (χ0n) is 10.4. The van der Waals surface area contributed by atoms with Crippen LogP contribution in [0.3, 0.4) is 0 Å². The standard InChI is InChI=1S/C13H13F2NO2S/c1-2-9-6-13(7-9,8-16)19(17,18)12-5-10(14)3-4-11(12)15/h3-5,9H,2,6-7H2,1H3. The summed E-state index contributed by atoms with van der Waals surface area (Å²) < 4.78 is 49.9. The van der Waals surface area contributed by atoms with E-state index in [0.29, 0.717) is 6.07 Å². The Morgan fingerprint density at radius 3 is 2.58 bits per heavy atom. The molecule has 0 aliphatic heterocycles. The highest BCUT2D eigenvalue weighted by molar-refractivity contribution is 7.93. The highest BCUT2D eigenvalue weighted by atomic mass is 32.2. The van der Waals surface area contributed by atoms with Crippen molar-refractivity contribution in [2.45, 2.75) is 35.8 Å². The van der Waals surface area contributed by atoms with E-state index in [1.54, 1.807) is 6.07 Å². The Hall–Kier alpha value is -1.48. The van der Waals surface area contributed by atoms with Crippen LogP contribution in [0.1, 0.15) is 26.2 Å². The molecular formula is C13H13F2NO2S. The van der Waals surface area contributed by atoms with Crippen LogP contribution in [0.4, 0.5) is 8.78 Å². The molecule has 0 aromatic heterocycles. The number of nitrogens with zero attached hydrogens (tertiary/aromatic N) is 1. The van der Waals surface area contributed by atoms with Gasteiger partial charge in [0.25, 0.3) is 0 Å². The lowest BCUT2D eigenvalue weighted by molar-refractivity contribution is 0.256. The molecule has 1 fully saturated rings. The van der Waals surface area contributed by atoms with Gasteiger partial charge in [-0.05, 0) is 37.0 Å². The number of rotatable bonds is 3. The van der Waals surface area contributed by atoms with Crippen LogP contribution < -0.4 is 0 Å². The molecule has 0 amide bonds. The number of benzene rings is 1. The van der Waals surface area contributed by atoms with Gasteiger partial charge in [-0.25, -0.2) is 17.2 Å². The smallest absolute Gasteiger partial charge is 0.200 e. The molecule has 0 heterocycles.